The van der Waals surface area contributed by atoms with Gasteiger partial charge < -0.3 is 10.2 Å². The average molecular weight is 352 g/mol. The number of hydrogen-bond donors (Lipinski definition) is 1. The Balaban J connectivity index is 1.54. The number of carbonyl (C=O) groups is 1. The third-order valence-corrected chi connectivity index (χ3v) is 5.88. The van der Waals surface area contributed by atoms with E-state index >= 15 is 0 Å². The van der Waals surface area contributed by atoms with Gasteiger partial charge in [-0.15, -0.1) is 0 Å². The van der Waals surface area contributed by atoms with Crippen molar-refractivity contribution in [2.45, 2.75) is 45.2 Å². The lowest BCUT2D eigenvalue weighted by Gasteiger charge is -2.28. The maximum Gasteiger partial charge on any atom is 0.228 e. The summed E-state index contributed by atoms with van der Waals surface area (Å²) in [7, 11) is 1.93. The number of amides is 1. The van der Waals surface area contributed by atoms with Crippen LogP contribution in [0.25, 0.3) is 0 Å². The summed E-state index contributed by atoms with van der Waals surface area (Å²) in [6.45, 7) is 6.60. The highest BCUT2D eigenvalue weighted by atomic mass is 16.2. The van der Waals surface area contributed by atoms with Crippen LogP contribution in [0.5, 0.6) is 0 Å². The van der Waals surface area contributed by atoms with E-state index in [2.05, 4.69) is 47.4 Å². The molecule has 4 rings (SSSR count). The molecule has 26 heavy (non-hydrogen) atoms. The van der Waals surface area contributed by atoms with Crippen LogP contribution in [0, 0.1) is 19.8 Å². The van der Waals surface area contributed by atoms with E-state index < -0.39 is 0 Å². The molecule has 2 heterocycles. The predicted octanol–water partition coefficient (Wildman–Crippen LogP) is 2.53. The van der Waals surface area contributed by atoms with Crippen LogP contribution in [0.3, 0.4) is 0 Å². The summed E-state index contributed by atoms with van der Waals surface area (Å²) in [6.07, 6.45) is 6.22. The number of nitrogens with zero attached hydrogens (tertiary/aromatic N) is 3. The first kappa shape index (κ1) is 17.3. The van der Waals surface area contributed by atoms with Crippen LogP contribution in [0.15, 0.2) is 30.6 Å². The summed E-state index contributed by atoms with van der Waals surface area (Å²) in [5.41, 5.74) is 4.99. The highest BCUT2D eigenvalue weighted by molar-refractivity contribution is 5.81. The van der Waals surface area contributed by atoms with Gasteiger partial charge in [-0.05, 0) is 48.9 Å². The van der Waals surface area contributed by atoms with Gasteiger partial charge in [0.05, 0.1) is 12.1 Å². The SMILES string of the molecule is Cc1ccc(CN(C(=O)[C@H]2CNC[C@@H]2c2cnn(C)c2)C2CC2)cc1C. The summed E-state index contributed by atoms with van der Waals surface area (Å²) in [6, 6.07) is 6.97. The quantitative estimate of drug-likeness (QED) is 0.900. The normalized spacial score (nSPS) is 22.6. The van der Waals surface area contributed by atoms with E-state index in [4.69, 9.17) is 0 Å². The molecule has 1 saturated heterocycles. The van der Waals surface area contributed by atoms with Gasteiger partial charge in [-0.3, -0.25) is 9.48 Å². The minimum atomic E-state index is 0.00588. The molecule has 5 heteroatoms. The summed E-state index contributed by atoms with van der Waals surface area (Å²) in [5, 5.41) is 7.72. The summed E-state index contributed by atoms with van der Waals surface area (Å²) >= 11 is 0. The maximum atomic E-state index is 13.4. The lowest BCUT2D eigenvalue weighted by Crippen LogP contribution is -2.39. The van der Waals surface area contributed by atoms with Crippen molar-refractivity contribution in [3.63, 3.8) is 0 Å². The number of carbonyl (C=O) groups excluding carboxylic acids is 1. The Morgan fingerprint density at radius 2 is 2.08 bits per heavy atom. The number of hydrogen-bond acceptors (Lipinski definition) is 3. The van der Waals surface area contributed by atoms with Gasteiger partial charge in [0.25, 0.3) is 0 Å². The molecule has 2 aromatic rings. The highest BCUT2D eigenvalue weighted by Crippen LogP contribution is 2.35. The first-order valence-corrected chi connectivity index (χ1v) is 9.59. The molecule has 2 atom stereocenters. The third-order valence-electron chi connectivity index (χ3n) is 5.88. The van der Waals surface area contributed by atoms with E-state index in [9.17, 15) is 4.79 Å². The Bertz CT molecular complexity index is 808. The monoisotopic (exact) mass is 352 g/mol. The molecule has 1 aromatic carbocycles. The van der Waals surface area contributed by atoms with Crippen LogP contribution in [0.4, 0.5) is 0 Å². The fraction of sp³-hybridized carbons (Fsp3) is 0.524. The first-order valence-electron chi connectivity index (χ1n) is 9.59. The number of aromatic nitrogens is 2. The second kappa shape index (κ2) is 6.88. The van der Waals surface area contributed by atoms with Crippen molar-refractivity contribution in [3.05, 3.63) is 52.8 Å². The molecule has 0 spiro atoms. The molecule has 1 aliphatic carbocycles. The van der Waals surface area contributed by atoms with Crippen LogP contribution in [-0.2, 0) is 18.4 Å². The lowest BCUT2D eigenvalue weighted by molar-refractivity contribution is -0.136. The van der Waals surface area contributed by atoms with Gasteiger partial charge in [0.1, 0.15) is 0 Å². The van der Waals surface area contributed by atoms with E-state index in [0.717, 1.165) is 38.0 Å². The van der Waals surface area contributed by atoms with Gasteiger partial charge >= 0.3 is 0 Å². The van der Waals surface area contributed by atoms with E-state index in [1.54, 1.807) is 0 Å². The van der Waals surface area contributed by atoms with Gasteiger partial charge in [0.2, 0.25) is 5.91 Å². The van der Waals surface area contributed by atoms with E-state index in [1.165, 1.54) is 16.7 Å². The lowest BCUT2D eigenvalue weighted by atomic mass is 9.89. The molecular formula is C21H28N4O. The average Bonchev–Trinajstić information content (AvgIpc) is 3.17. The summed E-state index contributed by atoms with van der Waals surface area (Å²) < 4.78 is 1.82. The molecule has 1 N–H and O–H groups in total. The molecule has 1 aromatic heterocycles. The first-order chi connectivity index (χ1) is 12.5. The molecule has 1 saturated carbocycles. The molecule has 1 amide bonds. The van der Waals surface area contributed by atoms with Gasteiger partial charge in [0, 0.05) is 44.8 Å². The topological polar surface area (TPSA) is 50.2 Å². The summed E-state index contributed by atoms with van der Waals surface area (Å²) in [4.78, 5) is 15.6. The smallest absolute Gasteiger partial charge is 0.228 e. The van der Waals surface area contributed by atoms with Gasteiger partial charge in [-0.2, -0.15) is 5.10 Å². The van der Waals surface area contributed by atoms with Gasteiger partial charge in [-0.25, -0.2) is 0 Å². The van der Waals surface area contributed by atoms with Crippen LogP contribution < -0.4 is 5.32 Å². The Morgan fingerprint density at radius 1 is 1.27 bits per heavy atom. The number of benzene rings is 1. The van der Waals surface area contributed by atoms with Crippen LogP contribution >= 0.6 is 0 Å². The van der Waals surface area contributed by atoms with E-state index in [-0.39, 0.29) is 11.8 Å². The van der Waals surface area contributed by atoms with E-state index in [1.807, 2.05) is 24.1 Å². The molecule has 138 valence electrons. The zero-order valence-electron chi connectivity index (χ0n) is 15.9. The standard InChI is InChI=1S/C21H28N4O/c1-14-4-5-16(8-15(14)2)12-25(18-6-7-18)21(26)20-11-22-10-19(20)17-9-23-24(3)13-17/h4-5,8-9,13,18-20,22H,6-7,10-12H2,1-3H3/t19-,20+/m1/s1. The molecule has 0 unspecified atom stereocenters. The van der Waals surface area contributed by atoms with Crippen molar-refractivity contribution in [2.75, 3.05) is 13.1 Å². The Kier molecular flexibility index (Phi) is 4.57. The molecule has 2 aliphatic rings. The van der Waals surface area contributed by atoms with Crippen LogP contribution in [-0.4, -0.2) is 39.7 Å². The van der Waals surface area contributed by atoms with Crippen LogP contribution in [0.2, 0.25) is 0 Å². The Morgan fingerprint density at radius 3 is 2.73 bits per heavy atom. The minimum absolute atomic E-state index is 0.00588. The fourth-order valence-electron chi connectivity index (χ4n) is 4.00. The van der Waals surface area contributed by atoms with Crippen molar-refractivity contribution in [1.29, 1.82) is 0 Å². The molecular weight excluding hydrogens is 324 g/mol. The van der Waals surface area contributed by atoms with Gasteiger partial charge in [0.15, 0.2) is 0 Å². The van der Waals surface area contributed by atoms with Crippen molar-refractivity contribution in [1.82, 2.24) is 20.0 Å². The molecule has 0 radical (unpaired) electrons. The highest BCUT2D eigenvalue weighted by Gasteiger charge is 2.41. The van der Waals surface area contributed by atoms with Crippen molar-refractivity contribution < 1.29 is 4.79 Å². The molecule has 2 fully saturated rings. The van der Waals surface area contributed by atoms with Gasteiger partial charge in [-0.1, -0.05) is 18.2 Å². The predicted molar refractivity (Wildman–Crippen MR) is 102 cm³/mol. The zero-order valence-corrected chi connectivity index (χ0v) is 15.9. The number of aryl methyl sites for hydroxylation is 3. The number of rotatable bonds is 5. The van der Waals surface area contributed by atoms with Crippen molar-refractivity contribution in [2.24, 2.45) is 13.0 Å². The second-order valence-electron chi connectivity index (χ2n) is 7.93. The van der Waals surface area contributed by atoms with Crippen LogP contribution in [0.1, 0.15) is 41.0 Å². The van der Waals surface area contributed by atoms with Crippen molar-refractivity contribution >= 4 is 5.91 Å². The maximum absolute atomic E-state index is 13.4. The van der Waals surface area contributed by atoms with E-state index in [0.29, 0.717) is 11.9 Å². The number of nitrogens with one attached hydrogen (secondary N) is 1. The molecule has 1 aliphatic heterocycles. The fourth-order valence-corrected chi connectivity index (χ4v) is 4.00. The minimum Gasteiger partial charge on any atom is -0.335 e. The third kappa shape index (κ3) is 3.40. The molecule has 0 bridgehead atoms. The zero-order chi connectivity index (χ0) is 18.3. The second-order valence-corrected chi connectivity index (χ2v) is 7.93. The largest absolute Gasteiger partial charge is 0.335 e. The van der Waals surface area contributed by atoms with Crippen molar-refractivity contribution in [3.8, 4) is 0 Å². The molecule has 5 nitrogen and oxygen atoms in total. The Labute approximate surface area is 155 Å². The summed E-state index contributed by atoms with van der Waals surface area (Å²) in [5.74, 6) is 0.521. The Hall–Kier alpha value is -2.14.